The Bertz CT molecular complexity index is 1020. The van der Waals surface area contributed by atoms with Crippen LogP contribution in [0.25, 0.3) is 0 Å². The van der Waals surface area contributed by atoms with Crippen LogP contribution in [0.1, 0.15) is 29.7 Å². The molecule has 148 valence electrons. The van der Waals surface area contributed by atoms with E-state index in [1.54, 1.807) is 6.07 Å². The molecule has 29 heavy (non-hydrogen) atoms. The molecule has 1 aliphatic heterocycles. The second-order valence-corrected chi connectivity index (χ2v) is 6.95. The quantitative estimate of drug-likeness (QED) is 0.491. The van der Waals surface area contributed by atoms with Gasteiger partial charge in [0.1, 0.15) is 0 Å². The van der Waals surface area contributed by atoms with Crippen LogP contribution >= 0.6 is 0 Å². The SMILES string of the molecule is Cc1ccc([N+](=O)[O-])c(N2CCC(=CC#Cc3cccc(CC(N)=O)c3)CC2)n1. The number of aromatic nitrogens is 1. The minimum Gasteiger partial charge on any atom is -0.369 e. The number of primary amides is 1. The maximum Gasteiger partial charge on any atom is 0.311 e. The van der Waals surface area contributed by atoms with E-state index in [4.69, 9.17) is 5.73 Å². The highest BCUT2D eigenvalue weighted by Gasteiger charge is 2.23. The Morgan fingerprint density at radius 1 is 1.31 bits per heavy atom. The van der Waals surface area contributed by atoms with E-state index in [2.05, 4.69) is 16.8 Å². The van der Waals surface area contributed by atoms with Crippen molar-refractivity contribution in [1.82, 2.24) is 4.98 Å². The third-order valence-corrected chi connectivity index (χ3v) is 4.69. The number of benzene rings is 1. The van der Waals surface area contributed by atoms with Crippen LogP contribution in [0.2, 0.25) is 0 Å². The molecule has 3 rings (SSSR count). The van der Waals surface area contributed by atoms with Crippen molar-refractivity contribution in [2.45, 2.75) is 26.2 Å². The normalized spacial score (nSPS) is 13.4. The molecule has 0 aliphatic carbocycles. The molecule has 7 nitrogen and oxygen atoms in total. The predicted molar refractivity (Wildman–Crippen MR) is 111 cm³/mol. The van der Waals surface area contributed by atoms with Crippen molar-refractivity contribution < 1.29 is 9.72 Å². The minimum atomic E-state index is -0.384. The van der Waals surface area contributed by atoms with Gasteiger partial charge in [-0.1, -0.05) is 29.5 Å². The number of carbonyl (C=O) groups is 1. The molecule has 0 saturated carbocycles. The third kappa shape index (κ3) is 5.42. The standard InChI is InChI=1S/C22H22N4O3/c1-16-8-9-20(26(28)29)22(24-16)25-12-10-17(11-13-25)4-2-5-18-6-3-7-19(14-18)15-21(23)27/h3-4,6-9,14H,10-13,15H2,1H3,(H2,23,27). The van der Waals surface area contributed by atoms with Crippen molar-refractivity contribution in [1.29, 1.82) is 0 Å². The van der Waals surface area contributed by atoms with Gasteiger partial charge in [0.25, 0.3) is 0 Å². The van der Waals surface area contributed by atoms with Crippen molar-refractivity contribution in [3.05, 3.63) is 75.0 Å². The van der Waals surface area contributed by atoms with E-state index in [1.807, 2.05) is 42.2 Å². The smallest absolute Gasteiger partial charge is 0.311 e. The largest absolute Gasteiger partial charge is 0.369 e. The zero-order chi connectivity index (χ0) is 20.8. The molecule has 2 N–H and O–H groups in total. The van der Waals surface area contributed by atoms with Crippen molar-refractivity contribution in [3.8, 4) is 11.8 Å². The summed E-state index contributed by atoms with van der Waals surface area (Å²) in [5.74, 6) is 6.23. The van der Waals surface area contributed by atoms with Crippen LogP contribution < -0.4 is 10.6 Å². The molecule has 0 atom stereocenters. The van der Waals surface area contributed by atoms with Gasteiger partial charge in [0.05, 0.1) is 11.3 Å². The highest BCUT2D eigenvalue weighted by Crippen LogP contribution is 2.29. The molecular formula is C22H22N4O3. The number of allylic oxidation sites excluding steroid dienone is 1. The topological polar surface area (TPSA) is 102 Å². The molecule has 2 aromatic rings. The summed E-state index contributed by atoms with van der Waals surface area (Å²) in [4.78, 5) is 28.3. The predicted octanol–water partition coefficient (Wildman–Crippen LogP) is 2.90. The van der Waals surface area contributed by atoms with Crippen molar-refractivity contribution >= 4 is 17.4 Å². The molecule has 0 spiro atoms. The maximum absolute atomic E-state index is 11.3. The Labute approximate surface area is 169 Å². The second kappa shape index (κ2) is 9.02. The average Bonchev–Trinajstić information content (AvgIpc) is 2.68. The summed E-state index contributed by atoms with van der Waals surface area (Å²) < 4.78 is 0. The van der Waals surface area contributed by atoms with Crippen LogP contribution in [0.5, 0.6) is 0 Å². The number of hydrogen-bond donors (Lipinski definition) is 1. The average molecular weight is 390 g/mol. The summed E-state index contributed by atoms with van der Waals surface area (Å²) in [7, 11) is 0. The van der Waals surface area contributed by atoms with Crippen LogP contribution in [-0.2, 0) is 11.2 Å². The van der Waals surface area contributed by atoms with Gasteiger partial charge in [0.15, 0.2) is 0 Å². The molecule has 1 aromatic heterocycles. The Kier molecular flexibility index (Phi) is 6.25. The van der Waals surface area contributed by atoms with Crippen molar-refractivity contribution in [2.24, 2.45) is 5.73 Å². The number of piperidine rings is 1. The summed E-state index contributed by atoms with van der Waals surface area (Å²) in [5.41, 5.74) is 8.91. The van der Waals surface area contributed by atoms with Crippen molar-refractivity contribution in [3.63, 3.8) is 0 Å². The fourth-order valence-electron chi connectivity index (χ4n) is 3.24. The minimum absolute atomic E-state index is 0.0404. The lowest BCUT2D eigenvalue weighted by atomic mass is 10.0. The highest BCUT2D eigenvalue weighted by molar-refractivity contribution is 5.76. The van der Waals surface area contributed by atoms with Gasteiger partial charge in [-0.3, -0.25) is 14.9 Å². The van der Waals surface area contributed by atoms with Gasteiger partial charge in [0.2, 0.25) is 11.7 Å². The number of amides is 1. The molecule has 1 aromatic carbocycles. The fraction of sp³-hybridized carbons (Fsp3) is 0.273. The van der Waals surface area contributed by atoms with E-state index in [1.165, 1.54) is 11.6 Å². The number of hydrogen-bond acceptors (Lipinski definition) is 5. The van der Waals surface area contributed by atoms with Gasteiger partial charge in [-0.25, -0.2) is 4.98 Å². The van der Waals surface area contributed by atoms with Gasteiger partial charge in [0, 0.05) is 30.4 Å². The monoisotopic (exact) mass is 390 g/mol. The van der Waals surface area contributed by atoms with Crippen LogP contribution in [0, 0.1) is 28.9 Å². The van der Waals surface area contributed by atoms with Gasteiger partial charge in [-0.05, 0) is 49.6 Å². The number of pyridine rings is 1. The molecule has 7 heteroatoms. The third-order valence-electron chi connectivity index (χ3n) is 4.69. The number of nitro groups is 1. The summed E-state index contributed by atoms with van der Waals surface area (Å²) in [6.07, 6.45) is 3.67. The second-order valence-electron chi connectivity index (χ2n) is 6.95. The summed E-state index contributed by atoms with van der Waals surface area (Å²) in [5, 5.41) is 11.3. The molecule has 0 bridgehead atoms. The first-order valence-corrected chi connectivity index (χ1v) is 9.36. The Hall–Kier alpha value is -3.66. The van der Waals surface area contributed by atoms with Crippen LogP contribution in [0.3, 0.4) is 0 Å². The molecule has 1 aliphatic rings. The lowest BCUT2D eigenvalue weighted by Crippen LogP contribution is -2.32. The molecule has 1 fully saturated rings. The number of aryl methyl sites for hydroxylation is 1. The van der Waals surface area contributed by atoms with E-state index < -0.39 is 0 Å². The first-order valence-electron chi connectivity index (χ1n) is 9.36. The first-order chi connectivity index (χ1) is 13.9. The van der Waals surface area contributed by atoms with Crippen LogP contribution in [0.15, 0.2) is 48.0 Å². The van der Waals surface area contributed by atoms with Gasteiger partial charge < -0.3 is 10.6 Å². The zero-order valence-electron chi connectivity index (χ0n) is 16.2. The van der Waals surface area contributed by atoms with E-state index >= 15 is 0 Å². The van der Waals surface area contributed by atoms with Gasteiger partial charge >= 0.3 is 5.69 Å². The zero-order valence-corrected chi connectivity index (χ0v) is 16.2. The van der Waals surface area contributed by atoms with E-state index in [0.29, 0.717) is 18.9 Å². The molecule has 1 amide bonds. The lowest BCUT2D eigenvalue weighted by Gasteiger charge is -2.28. The molecular weight excluding hydrogens is 368 g/mol. The summed E-state index contributed by atoms with van der Waals surface area (Å²) in [6, 6.07) is 10.6. The molecule has 0 unspecified atom stereocenters. The Morgan fingerprint density at radius 2 is 2.07 bits per heavy atom. The van der Waals surface area contributed by atoms with E-state index in [9.17, 15) is 14.9 Å². The Morgan fingerprint density at radius 3 is 2.76 bits per heavy atom. The number of carbonyl (C=O) groups excluding carboxylic acids is 1. The summed E-state index contributed by atoms with van der Waals surface area (Å²) in [6.45, 7) is 3.16. The first kappa shape index (κ1) is 20.1. The van der Waals surface area contributed by atoms with Crippen LogP contribution in [-0.4, -0.2) is 28.9 Å². The number of rotatable bonds is 4. The molecule has 0 radical (unpaired) electrons. The van der Waals surface area contributed by atoms with Gasteiger partial charge in [-0.2, -0.15) is 0 Å². The number of nitrogens with zero attached hydrogens (tertiary/aromatic N) is 3. The number of anilines is 1. The molecule has 1 saturated heterocycles. The maximum atomic E-state index is 11.3. The highest BCUT2D eigenvalue weighted by atomic mass is 16.6. The van der Waals surface area contributed by atoms with Crippen LogP contribution in [0.4, 0.5) is 11.5 Å². The van der Waals surface area contributed by atoms with Crippen molar-refractivity contribution in [2.75, 3.05) is 18.0 Å². The van der Waals surface area contributed by atoms with E-state index in [0.717, 1.165) is 29.7 Å². The molecule has 2 heterocycles. The fourth-order valence-corrected chi connectivity index (χ4v) is 3.24. The lowest BCUT2D eigenvalue weighted by molar-refractivity contribution is -0.384. The van der Waals surface area contributed by atoms with E-state index in [-0.39, 0.29) is 22.9 Å². The van der Waals surface area contributed by atoms with Gasteiger partial charge in [-0.15, -0.1) is 0 Å². The Balaban J connectivity index is 1.66. The summed E-state index contributed by atoms with van der Waals surface area (Å²) >= 11 is 0. The number of nitrogens with two attached hydrogens (primary N) is 1.